The van der Waals surface area contributed by atoms with Crippen LogP contribution in [0.25, 0.3) is 0 Å². The summed E-state index contributed by atoms with van der Waals surface area (Å²) in [5.74, 6) is 0. The zero-order valence-corrected chi connectivity index (χ0v) is 11.3. The molecule has 0 aliphatic carbocycles. The fourth-order valence-corrected chi connectivity index (χ4v) is 1.82. The van der Waals surface area contributed by atoms with Crippen molar-refractivity contribution in [1.82, 2.24) is 20.4 Å². The van der Waals surface area contributed by atoms with E-state index in [-0.39, 0.29) is 11.4 Å². The van der Waals surface area contributed by atoms with Crippen molar-refractivity contribution >= 4 is 35.1 Å². The van der Waals surface area contributed by atoms with Gasteiger partial charge in [0, 0.05) is 0 Å². The fraction of sp³-hybridized carbons (Fsp3) is 0. The standard InChI is InChI=1S/C10H4N8S2/c11-1-7(13-3-9-17-15-5-19-9)8(2-12)14-4-10-18-16-6-20-10/h3-6H. The molecule has 96 valence electrons. The molecule has 0 aliphatic heterocycles. The summed E-state index contributed by atoms with van der Waals surface area (Å²) in [5.41, 5.74) is 2.86. The highest BCUT2D eigenvalue weighted by Gasteiger charge is 2.03. The number of aromatic nitrogens is 4. The van der Waals surface area contributed by atoms with Crippen LogP contribution in [-0.4, -0.2) is 32.8 Å². The summed E-state index contributed by atoms with van der Waals surface area (Å²) in [4.78, 5) is 7.78. The minimum atomic E-state index is -0.108. The minimum absolute atomic E-state index is 0.108. The maximum Gasteiger partial charge on any atom is 0.177 e. The topological polar surface area (TPSA) is 124 Å². The Labute approximate surface area is 121 Å². The highest BCUT2D eigenvalue weighted by Crippen LogP contribution is 2.08. The first kappa shape index (κ1) is 13.6. The number of hydrogen-bond acceptors (Lipinski definition) is 10. The van der Waals surface area contributed by atoms with Crippen LogP contribution in [0.2, 0.25) is 0 Å². The maximum absolute atomic E-state index is 9.01. The van der Waals surface area contributed by atoms with Crippen molar-refractivity contribution in [3.05, 3.63) is 32.4 Å². The zero-order valence-electron chi connectivity index (χ0n) is 9.70. The number of allylic oxidation sites excluding steroid dienone is 2. The molecule has 0 amide bonds. The van der Waals surface area contributed by atoms with E-state index in [1.807, 2.05) is 12.1 Å². The van der Waals surface area contributed by atoms with Gasteiger partial charge < -0.3 is 0 Å². The number of hydrogen-bond donors (Lipinski definition) is 0. The van der Waals surface area contributed by atoms with Crippen molar-refractivity contribution in [3.63, 3.8) is 0 Å². The van der Waals surface area contributed by atoms with Crippen molar-refractivity contribution in [2.45, 2.75) is 0 Å². The van der Waals surface area contributed by atoms with Gasteiger partial charge in [-0.05, 0) is 0 Å². The second kappa shape index (κ2) is 6.94. The smallest absolute Gasteiger partial charge is 0.177 e. The van der Waals surface area contributed by atoms with E-state index in [0.717, 1.165) is 0 Å². The molecule has 0 unspecified atom stereocenters. The fourth-order valence-electron chi connectivity index (χ4n) is 1.00. The van der Waals surface area contributed by atoms with Crippen LogP contribution >= 0.6 is 22.7 Å². The van der Waals surface area contributed by atoms with Crippen LogP contribution < -0.4 is 0 Å². The van der Waals surface area contributed by atoms with Crippen LogP contribution in [0.5, 0.6) is 0 Å². The molecule has 0 aliphatic rings. The SMILES string of the molecule is N#CC(N=Cc1nncs1)=C(C#N)N=Cc1nncs1. The van der Waals surface area contributed by atoms with Gasteiger partial charge >= 0.3 is 0 Å². The molecule has 0 aromatic carbocycles. The van der Waals surface area contributed by atoms with E-state index in [4.69, 9.17) is 10.5 Å². The molecule has 0 saturated carbocycles. The first-order valence-corrected chi connectivity index (χ1v) is 6.74. The second-order valence-electron chi connectivity index (χ2n) is 2.99. The molecule has 0 fully saturated rings. The first-order valence-electron chi connectivity index (χ1n) is 4.98. The lowest BCUT2D eigenvalue weighted by Crippen LogP contribution is -1.87. The van der Waals surface area contributed by atoms with Gasteiger partial charge in [-0.15, -0.1) is 20.4 Å². The molecule has 20 heavy (non-hydrogen) atoms. The van der Waals surface area contributed by atoms with Crippen molar-refractivity contribution in [1.29, 1.82) is 10.5 Å². The molecule has 2 aromatic heterocycles. The highest BCUT2D eigenvalue weighted by molar-refractivity contribution is 7.11. The van der Waals surface area contributed by atoms with Gasteiger partial charge in [0.2, 0.25) is 0 Å². The number of nitriles is 2. The number of aliphatic imine (C=N–C) groups is 2. The first-order chi connectivity index (χ1) is 9.83. The molecule has 0 spiro atoms. The van der Waals surface area contributed by atoms with Crippen LogP contribution in [-0.2, 0) is 0 Å². The Kier molecular flexibility index (Phi) is 4.72. The van der Waals surface area contributed by atoms with Crippen LogP contribution in [0.1, 0.15) is 10.0 Å². The lowest BCUT2D eigenvalue weighted by molar-refractivity contribution is 1.08. The van der Waals surface area contributed by atoms with E-state index in [0.29, 0.717) is 10.0 Å². The molecule has 0 radical (unpaired) electrons. The Balaban J connectivity index is 2.25. The van der Waals surface area contributed by atoms with E-state index in [1.165, 1.54) is 46.1 Å². The molecular weight excluding hydrogens is 296 g/mol. The van der Waals surface area contributed by atoms with Crippen LogP contribution in [0, 0.1) is 22.7 Å². The summed E-state index contributed by atoms with van der Waals surface area (Å²) in [5, 5.41) is 33.8. The lowest BCUT2D eigenvalue weighted by atomic mass is 10.4. The van der Waals surface area contributed by atoms with Gasteiger partial charge in [-0.1, -0.05) is 22.7 Å². The molecule has 2 rings (SSSR count). The van der Waals surface area contributed by atoms with Crippen molar-refractivity contribution < 1.29 is 0 Å². The third-order valence-corrected chi connectivity index (χ3v) is 3.05. The van der Waals surface area contributed by atoms with Crippen molar-refractivity contribution in [2.75, 3.05) is 0 Å². The van der Waals surface area contributed by atoms with Gasteiger partial charge in [0.25, 0.3) is 0 Å². The molecule has 0 atom stereocenters. The van der Waals surface area contributed by atoms with Gasteiger partial charge in [-0.2, -0.15) is 10.5 Å². The van der Waals surface area contributed by atoms with E-state index in [2.05, 4.69) is 30.4 Å². The molecule has 8 nitrogen and oxygen atoms in total. The predicted octanol–water partition coefficient (Wildman–Crippen LogP) is 1.19. The summed E-state index contributed by atoms with van der Waals surface area (Å²) in [6, 6.07) is 3.63. The Morgan fingerprint density at radius 2 is 1.40 bits per heavy atom. The quantitative estimate of drug-likeness (QED) is 0.617. The summed E-state index contributed by atoms with van der Waals surface area (Å²) in [6.45, 7) is 0. The Bertz CT molecular complexity index is 663. The van der Waals surface area contributed by atoms with Crippen molar-refractivity contribution in [3.8, 4) is 12.1 Å². The van der Waals surface area contributed by atoms with Crippen LogP contribution in [0.15, 0.2) is 32.4 Å². The minimum Gasteiger partial charge on any atom is -0.239 e. The summed E-state index contributed by atoms with van der Waals surface area (Å²) >= 11 is 2.53. The third kappa shape index (κ3) is 3.58. The third-order valence-electron chi connectivity index (χ3n) is 1.80. The van der Waals surface area contributed by atoms with Crippen molar-refractivity contribution in [2.24, 2.45) is 9.98 Å². The summed E-state index contributed by atoms with van der Waals surface area (Å²) in [6.07, 6.45) is 2.71. The normalized spacial score (nSPS) is 12.3. The van der Waals surface area contributed by atoms with Crippen LogP contribution in [0.3, 0.4) is 0 Å². The lowest BCUT2D eigenvalue weighted by Gasteiger charge is -1.90. The largest absolute Gasteiger partial charge is 0.239 e. The predicted molar refractivity (Wildman–Crippen MR) is 73.3 cm³/mol. The molecule has 0 saturated heterocycles. The molecular formula is C10H4N8S2. The second-order valence-corrected chi connectivity index (χ2v) is 4.72. The summed E-state index contributed by atoms with van der Waals surface area (Å²) in [7, 11) is 0. The molecule has 0 bridgehead atoms. The average Bonchev–Trinajstić information content (AvgIpc) is 3.15. The van der Waals surface area contributed by atoms with E-state index >= 15 is 0 Å². The Hall–Kier alpha value is -2.82. The average molecular weight is 300 g/mol. The maximum atomic E-state index is 9.01. The number of nitrogens with zero attached hydrogens (tertiary/aromatic N) is 8. The van der Waals surface area contributed by atoms with E-state index < -0.39 is 0 Å². The van der Waals surface area contributed by atoms with Gasteiger partial charge in [0.05, 0.1) is 12.4 Å². The van der Waals surface area contributed by atoms with Gasteiger partial charge in [-0.3, -0.25) is 0 Å². The van der Waals surface area contributed by atoms with Crippen LogP contribution in [0.4, 0.5) is 0 Å². The molecule has 0 N–H and O–H groups in total. The summed E-state index contributed by atoms with van der Waals surface area (Å²) < 4.78 is 0. The molecule has 10 heteroatoms. The Morgan fingerprint density at radius 3 is 1.70 bits per heavy atom. The zero-order chi connectivity index (χ0) is 14.2. The van der Waals surface area contributed by atoms with E-state index in [1.54, 1.807) is 0 Å². The monoisotopic (exact) mass is 300 g/mol. The number of rotatable bonds is 4. The Morgan fingerprint density at radius 1 is 0.950 bits per heavy atom. The van der Waals surface area contributed by atoms with Gasteiger partial charge in [0.15, 0.2) is 21.4 Å². The highest BCUT2D eigenvalue weighted by atomic mass is 32.1. The van der Waals surface area contributed by atoms with E-state index in [9.17, 15) is 0 Å². The van der Waals surface area contributed by atoms with Gasteiger partial charge in [0.1, 0.15) is 23.2 Å². The van der Waals surface area contributed by atoms with Gasteiger partial charge in [-0.25, -0.2) is 9.98 Å². The molecule has 2 heterocycles. The molecule has 2 aromatic rings.